The number of aryl methyl sites for hydroxylation is 1. The van der Waals surface area contributed by atoms with E-state index in [1.807, 2.05) is 6.92 Å². The van der Waals surface area contributed by atoms with Crippen LogP contribution in [-0.2, 0) is 11.3 Å². The van der Waals surface area contributed by atoms with Crippen LogP contribution in [0.25, 0.3) is 0 Å². The Hall–Kier alpha value is -2.93. The summed E-state index contributed by atoms with van der Waals surface area (Å²) in [6.45, 7) is 7.51. The van der Waals surface area contributed by atoms with Crippen molar-refractivity contribution in [1.29, 1.82) is 0 Å². The van der Waals surface area contributed by atoms with Gasteiger partial charge in [-0.05, 0) is 50.1 Å². The van der Waals surface area contributed by atoms with Crippen molar-refractivity contribution in [3.8, 4) is 5.75 Å². The van der Waals surface area contributed by atoms with Crippen molar-refractivity contribution >= 4 is 11.9 Å². The Kier molecular flexibility index (Phi) is 6.72. The third kappa shape index (κ3) is 4.97. The molecule has 0 radical (unpaired) electrons. The monoisotopic (exact) mass is 414 g/mol. The summed E-state index contributed by atoms with van der Waals surface area (Å²) in [6.07, 6.45) is 0. The number of aromatic carboxylic acids is 1. The van der Waals surface area contributed by atoms with Crippen LogP contribution in [-0.4, -0.2) is 58.6 Å². The molecule has 3 rings (SSSR count). The summed E-state index contributed by atoms with van der Waals surface area (Å²) < 4.78 is 18.8. The Morgan fingerprint density at radius 1 is 1.10 bits per heavy atom. The predicted octanol–water partition coefficient (Wildman–Crippen LogP) is 3.33. The van der Waals surface area contributed by atoms with Crippen LogP contribution in [0.2, 0.25) is 0 Å². The minimum Gasteiger partial charge on any atom is -0.483 e. The number of rotatable bonds is 6. The molecule has 6 nitrogen and oxygen atoms in total. The van der Waals surface area contributed by atoms with Crippen LogP contribution in [0.3, 0.4) is 0 Å². The SMILES string of the molecule is Cc1cccc(C(=O)O)c1OCC(=O)N1C[C@@H](C)N(Cc2ccc(F)cc2)C[C@@H]1C. The summed E-state index contributed by atoms with van der Waals surface area (Å²) in [6, 6.07) is 11.4. The lowest BCUT2D eigenvalue weighted by Crippen LogP contribution is -2.58. The summed E-state index contributed by atoms with van der Waals surface area (Å²) in [4.78, 5) is 28.3. The number of carbonyl (C=O) groups excluding carboxylic acids is 1. The molecule has 30 heavy (non-hydrogen) atoms. The molecule has 2 aromatic rings. The van der Waals surface area contributed by atoms with E-state index in [9.17, 15) is 19.1 Å². The highest BCUT2D eigenvalue weighted by Gasteiger charge is 2.32. The smallest absolute Gasteiger partial charge is 0.339 e. The first-order valence-electron chi connectivity index (χ1n) is 10.00. The Morgan fingerprint density at radius 2 is 1.80 bits per heavy atom. The number of piperazine rings is 1. The van der Waals surface area contributed by atoms with Crippen molar-refractivity contribution in [3.05, 3.63) is 65.0 Å². The molecule has 2 aromatic carbocycles. The van der Waals surface area contributed by atoms with Crippen LogP contribution < -0.4 is 4.74 Å². The van der Waals surface area contributed by atoms with Gasteiger partial charge in [-0.2, -0.15) is 0 Å². The number of carboxylic acids is 1. The predicted molar refractivity (Wildman–Crippen MR) is 111 cm³/mol. The molecule has 0 spiro atoms. The second-order valence-corrected chi connectivity index (χ2v) is 7.85. The van der Waals surface area contributed by atoms with Gasteiger partial charge in [0.1, 0.15) is 17.1 Å². The lowest BCUT2D eigenvalue weighted by atomic mass is 10.1. The fourth-order valence-corrected chi connectivity index (χ4v) is 3.82. The molecule has 1 aliphatic rings. The minimum atomic E-state index is -1.09. The van der Waals surface area contributed by atoms with Crippen LogP contribution in [0.1, 0.15) is 35.3 Å². The number of ether oxygens (including phenoxy) is 1. The Morgan fingerprint density at radius 3 is 2.47 bits per heavy atom. The number of carboxylic acid groups (broad SMARTS) is 1. The molecule has 1 saturated heterocycles. The summed E-state index contributed by atoms with van der Waals surface area (Å²) in [5.74, 6) is -1.28. The standard InChI is InChI=1S/C23H27FN2O4/c1-15-5-4-6-20(23(28)29)22(15)30-14-21(27)26-12-16(2)25(11-17(26)3)13-18-7-9-19(24)10-8-18/h4-10,16-17H,11-14H2,1-3H3,(H,28,29)/t16-,17+/m1/s1. The van der Waals surface area contributed by atoms with Gasteiger partial charge in [0.2, 0.25) is 0 Å². The van der Waals surface area contributed by atoms with Gasteiger partial charge in [-0.25, -0.2) is 9.18 Å². The molecule has 160 valence electrons. The van der Waals surface area contributed by atoms with Crippen molar-refractivity contribution in [3.63, 3.8) is 0 Å². The van der Waals surface area contributed by atoms with Gasteiger partial charge in [-0.3, -0.25) is 9.69 Å². The molecule has 0 unspecified atom stereocenters. The molecule has 2 atom stereocenters. The van der Waals surface area contributed by atoms with E-state index in [4.69, 9.17) is 4.74 Å². The van der Waals surface area contributed by atoms with Gasteiger partial charge in [0.25, 0.3) is 5.91 Å². The van der Waals surface area contributed by atoms with E-state index in [1.54, 1.807) is 36.1 Å². The highest BCUT2D eigenvalue weighted by atomic mass is 19.1. The Labute approximate surface area is 175 Å². The number of hydrogen-bond acceptors (Lipinski definition) is 4. The van der Waals surface area contributed by atoms with Gasteiger partial charge in [0, 0.05) is 31.7 Å². The molecule has 0 aliphatic carbocycles. The number of halogens is 1. The molecule has 0 bridgehead atoms. The molecule has 1 N–H and O–H groups in total. The fourth-order valence-electron chi connectivity index (χ4n) is 3.82. The molecular formula is C23H27FN2O4. The first kappa shape index (κ1) is 21.8. The van der Waals surface area contributed by atoms with Gasteiger partial charge in [-0.15, -0.1) is 0 Å². The van der Waals surface area contributed by atoms with Gasteiger partial charge in [0.05, 0.1) is 0 Å². The molecule has 1 aliphatic heterocycles. The summed E-state index contributed by atoms with van der Waals surface area (Å²) >= 11 is 0. The van der Waals surface area contributed by atoms with E-state index >= 15 is 0 Å². The normalized spacial score (nSPS) is 19.5. The number of nitrogens with zero attached hydrogens (tertiary/aromatic N) is 2. The number of benzene rings is 2. The quantitative estimate of drug-likeness (QED) is 0.785. The fraction of sp³-hybridized carbons (Fsp3) is 0.391. The summed E-state index contributed by atoms with van der Waals surface area (Å²) in [5, 5.41) is 9.34. The van der Waals surface area contributed by atoms with Gasteiger partial charge >= 0.3 is 5.97 Å². The Balaban J connectivity index is 1.62. The lowest BCUT2D eigenvalue weighted by molar-refractivity contribution is -0.139. The average molecular weight is 414 g/mol. The third-order valence-electron chi connectivity index (χ3n) is 5.52. The van der Waals surface area contributed by atoms with Crippen LogP contribution in [0.15, 0.2) is 42.5 Å². The number of hydrogen-bond donors (Lipinski definition) is 1. The maximum Gasteiger partial charge on any atom is 0.339 e. The first-order chi connectivity index (χ1) is 14.3. The van der Waals surface area contributed by atoms with Crippen molar-refractivity contribution in [2.75, 3.05) is 19.7 Å². The van der Waals surface area contributed by atoms with Gasteiger partial charge in [-0.1, -0.05) is 24.3 Å². The van der Waals surface area contributed by atoms with E-state index in [-0.39, 0.29) is 41.7 Å². The summed E-state index contributed by atoms with van der Waals surface area (Å²) in [7, 11) is 0. The minimum absolute atomic E-state index is 0.0198. The van der Waals surface area contributed by atoms with E-state index < -0.39 is 5.97 Å². The van der Waals surface area contributed by atoms with Crippen LogP contribution in [0.5, 0.6) is 5.75 Å². The van der Waals surface area contributed by atoms with Crippen LogP contribution in [0, 0.1) is 12.7 Å². The second kappa shape index (κ2) is 9.26. The molecule has 1 amide bonds. The maximum absolute atomic E-state index is 13.1. The van der Waals surface area contributed by atoms with Crippen molar-refractivity contribution in [2.24, 2.45) is 0 Å². The number of para-hydroxylation sites is 1. The van der Waals surface area contributed by atoms with Gasteiger partial charge < -0.3 is 14.7 Å². The van der Waals surface area contributed by atoms with Crippen LogP contribution in [0.4, 0.5) is 4.39 Å². The lowest BCUT2D eigenvalue weighted by Gasteiger charge is -2.44. The summed E-state index contributed by atoms with van der Waals surface area (Å²) in [5.41, 5.74) is 1.75. The van der Waals surface area contributed by atoms with Crippen molar-refractivity contribution in [1.82, 2.24) is 9.80 Å². The highest BCUT2D eigenvalue weighted by molar-refractivity contribution is 5.91. The van der Waals surface area contributed by atoms with E-state index in [2.05, 4.69) is 11.8 Å². The zero-order chi connectivity index (χ0) is 21.8. The molecule has 0 aromatic heterocycles. The topological polar surface area (TPSA) is 70.1 Å². The van der Waals surface area contributed by atoms with E-state index in [1.165, 1.54) is 18.2 Å². The van der Waals surface area contributed by atoms with Crippen LogP contribution >= 0.6 is 0 Å². The molecule has 1 heterocycles. The maximum atomic E-state index is 13.1. The zero-order valence-corrected chi connectivity index (χ0v) is 17.5. The third-order valence-corrected chi connectivity index (χ3v) is 5.52. The Bertz CT molecular complexity index is 916. The van der Waals surface area contributed by atoms with Crippen molar-refractivity contribution < 1.29 is 23.8 Å². The zero-order valence-electron chi connectivity index (χ0n) is 17.5. The van der Waals surface area contributed by atoms with E-state index in [0.29, 0.717) is 25.2 Å². The number of carbonyl (C=O) groups is 2. The second-order valence-electron chi connectivity index (χ2n) is 7.85. The number of amides is 1. The van der Waals surface area contributed by atoms with Crippen molar-refractivity contribution in [2.45, 2.75) is 39.4 Å². The molecule has 1 fully saturated rings. The molecule has 7 heteroatoms. The highest BCUT2D eigenvalue weighted by Crippen LogP contribution is 2.24. The molecular weight excluding hydrogens is 387 g/mol. The van der Waals surface area contributed by atoms with Gasteiger partial charge in [0.15, 0.2) is 6.61 Å². The first-order valence-corrected chi connectivity index (χ1v) is 10.00. The molecule has 0 saturated carbocycles. The average Bonchev–Trinajstić information content (AvgIpc) is 2.70. The van der Waals surface area contributed by atoms with E-state index in [0.717, 1.165) is 5.56 Å². The largest absolute Gasteiger partial charge is 0.483 e.